The molecule has 2 heterocycles. The second-order valence-electron chi connectivity index (χ2n) is 4.45. The average molecular weight is 237 g/mol. The first-order chi connectivity index (χ1) is 8.78. The lowest BCUT2D eigenvalue weighted by Gasteiger charge is -2.00. The van der Waals surface area contributed by atoms with E-state index in [9.17, 15) is 0 Å². The fraction of sp³-hybridized carbons (Fsp3) is 0.133. The van der Waals surface area contributed by atoms with E-state index in [2.05, 4.69) is 40.6 Å². The number of aryl methyl sites for hydroxylation is 1. The van der Waals surface area contributed by atoms with Crippen LogP contribution in [0, 0.1) is 6.92 Å². The smallest absolute Gasteiger partial charge is 0.137 e. The lowest BCUT2D eigenvalue weighted by molar-refractivity contribution is 0.946. The third kappa shape index (κ3) is 1.79. The summed E-state index contributed by atoms with van der Waals surface area (Å²) in [6.45, 7) is 2.60. The molecule has 3 aromatic rings. The first-order valence-corrected chi connectivity index (χ1v) is 6.02. The summed E-state index contributed by atoms with van der Waals surface area (Å²) < 4.78 is 2.05. The van der Waals surface area contributed by atoms with Crippen LogP contribution in [0.2, 0.25) is 0 Å². The largest absolute Gasteiger partial charge is 0.325 e. The van der Waals surface area contributed by atoms with Crippen LogP contribution in [-0.2, 0) is 6.54 Å². The van der Waals surface area contributed by atoms with Crippen molar-refractivity contribution in [1.82, 2.24) is 9.38 Å². The Labute approximate surface area is 106 Å². The Morgan fingerprint density at radius 1 is 1.17 bits per heavy atom. The van der Waals surface area contributed by atoms with Crippen molar-refractivity contribution in [1.29, 1.82) is 0 Å². The number of benzene rings is 1. The minimum absolute atomic E-state index is 0.515. The molecular weight excluding hydrogens is 222 g/mol. The molecule has 0 radical (unpaired) electrons. The minimum atomic E-state index is 0.515. The quantitative estimate of drug-likeness (QED) is 0.744. The predicted octanol–water partition coefficient (Wildman–Crippen LogP) is 2.77. The summed E-state index contributed by atoms with van der Waals surface area (Å²) in [7, 11) is 0. The molecule has 3 nitrogen and oxygen atoms in total. The highest BCUT2D eigenvalue weighted by molar-refractivity contribution is 5.63. The highest BCUT2D eigenvalue weighted by atomic mass is 15.0. The summed E-state index contributed by atoms with van der Waals surface area (Å²) in [5.41, 5.74) is 11.1. The van der Waals surface area contributed by atoms with Gasteiger partial charge in [-0.25, -0.2) is 4.98 Å². The Morgan fingerprint density at radius 2 is 2.00 bits per heavy atom. The van der Waals surface area contributed by atoms with Crippen LogP contribution in [0.25, 0.3) is 16.9 Å². The van der Waals surface area contributed by atoms with Gasteiger partial charge >= 0.3 is 0 Å². The van der Waals surface area contributed by atoms with E-state index in [0.717, 1.165) is 22.6 Å². The summed E-state index contributed by atoms with van der Waals surface area (Å²) in [6.07, 6.45) is 2.05. The van der Waals surface area contributed by atoms with Crippen LogP contribution < -0.4 is 5.73 Å². The predicted molar refractivity (Wildman–Crippen MR) is 73.3 cm³/mol. The van der Waals surface area contributed by atoms with Gasteiger partial charge in [-0.2, -0.15) is 0 Å². The fourth-order valence-electron chi connectivity index (χ4n) is 2.18. The maximum atomic E-state index is 5.74. The molecule has 0 aliphatic rings. The molecular formula is C15H15N3. The van der Waals surface area contributed by atoms with Crippen molar-refractivity contribution in [3.63, 3.8) is 0 Å². The average Bonchev–Trinajstić information content (AvgIpc) is 2.82. The fourth-order valence-corrected chi connectivity index (χ4v) is 2.18. The molecule has 2 aromatic heterocycles. The molecule has 0 amide bonds. The molecule has 3 rings (SSSR count). The van der Waals surface area contributed by atoms with E-state index in [1.807, 2.05) is 24.4 Å². The maximum absolute atomic E-state index is 5.74. The van der Waals surface area contributed by atoms with Crippen LogP contribution >= 0.6 is 0 Å². The number of rotatable bonds is 2. The van der Waals surface area contributed by atoms with E-state index in [0.29, 0.717) is 6.54 Å². The molecule has 0 bridgehead atoms. The molecule has 3 heteroatoms. The monoisotopic (exact) mass is 237 g/mol. The molecule has 90 valence electrons. The zero-order chi connectivity index (χ0) is 12.5. The summed E-state index contributed by atoms with van der Waals surface area (Å²) >= 11 is 0. The Bertz CT molecular complexity index is 698. The Kier molecular flexibility index (Phi) is 2.61. The van der Waals surface area contributed by atoms with Gasteiger partial charge in [0.1, 0.15) is 5.65 Å². The Morgan fingerprint density at radius 3 is 2.78 bits per heavy atom. The summed E-state index contributed by atoms with van der Waals surface area (Å²) in [5, 5.41) is 0. The van der Waals surface area contributed by atoms with E-state index in [4.69, 9.17) is 5.73 Å². The molecule has 0 saturated carbocycles. The summed E-state index contributed by atoms with van der Waals surface area (Å²) in [5.74, 6) is 0. The summed E-state index contributed by atoms with van der Waals surface area (Å²) in [4.78, 5) is 4.64. The van der Waals surface area contributed by atoms with Crippen LogP contribution in [0.15, 0.2) is 48.7 Å². The molecule has 0 aliphatic heterocycles. The first-order valence-electron chi connectivity index (χ1n) is 6.02. The Balaban J connectivity index is 2.19. The SMILES string of the molecule is Cc1cccc(-c2cn3c(CN)cccc3n2)c1. The second-order valence-corrected chi connectivity index (χ2v) is 4.45. The minimum Gasteiger partial charge on any atom is -0.325 e. The van der Waals surface area contributed by atoms with E-state index in [1.165, 1.54) is 5.56 Å². The van der Waals surface area contributed by atoms with Crippen molar-refractivity contribution in [2.75, 3.05) is 0 Å². The molecule has 0 fully saturated rings. The highest BCUT2D eigenvalue weighted by Crippen LogP contribution is 2.20. The highest BCUT2D eigenvalue weighted by Gasteiger charge is 2.06. The number of fused-ring (bicyclic) bond motifs is 1. The van der Waals surface area contributed by atoms with Gasteiger partial charge in [0.2, 0.25) is 0 Å². The lowest BCUT2D eigenvalue weighted by atomic mass is 10.1. The van der Waals surface area contributed by atoms with E-state index in [-0.39, 0.29) is 0 Å². The molecule has 0 unspecified atom stereocenters. The molecule has 0 aliphatic carbocycles. The number of hydrogen-bond acceptors (Lipinski definition) is 2. The van der Waals surface area contributed by atoms with Gasteiger partial charge in [-0.15, -0.1) is 0 Å². The lowest BCUT2D eigenvalue weighted by Crippen LogP contribution is -2.02. The number of imidazole rings is 1. The number of pyridine rings is 1. The maximum Gasteiger partial charge on any atom is 0.137 e. The van der Waals surface area contributed by atoms with Gasteiger partial charge in [-0.3, -0.25) is 0 Å². The van der Waals surface area contributed by atoms with Crippen molar-refractivity contribution in [3.8, 4) is 11.3 Å². The standard InChI is InChI=1S/C15H15N3/c1-11-4-2-5-12(8-11)14-10-18-13(9-16)6-3-7-15(18)17-14/h2-8,10H,9,16H2,1H3. The normalized spacial score (nSPS) is 11.0. The van der Waals surface area contributed by atoms with E-state index >= 15 is 0 Å². The zero-order valence-corrected chi connectivity index (χ0v) is 10.3. The van der Waals surface area contributed by atoms with Crippen molar-refractivity contribution >= 4 is 5.65 Å². The number of hydrogen-bond donors (Lipinski definition) is 1. The topological polar surface area (TPSA) is 43.3 Å². The van der Waals surface area contributed by atoms with Crippen molar-refractivity contribution in [3.05, 3.63) is 59.9 Å². The van der Waals surface area contributed by atoms with Crippen LogP contribution in [0.5, 0.6) is 0 Å². The van der Waals surface area contributed by atoms with Crippen molar-refractivity contribution < 1.29 is 0 Å². The molecule has 2 N–H and O–H groups in total. The molecule has 0 saturated heterocycles. The van der Waals surface area contributed by atoms with Gasteiger partial charge in [0.15, 0.2) is 0 Å². The third-order valence-electron chi connectivity index (χ3n) is 3.10. The number of nitrogens with two attached hydrogens (primary N) is 1. The van der Waals surface area contributed by atoms with Gasteiger partial charge < -0.3 is 10.1 Å². The van der Waals surface area contributed by atoms with E-state index < -0.39 is 0 Å². The zero-order valence-electron chi connectivity index (χ0n) is 10.3. The van der Waals surface area contributed by atoms with Gasteiger partial charge in [0, 0.05) is 24.0 Å². The van der Waals surface area contributed by atoms with Gasteiger partial charge in [-0.1, -0.05) is 29.8 Å². The second kappa shape index (κ2) is 4.27. The Hall–Kier alpha value is -2.13. The number of nitrogens with zero attached hydrogens (tertiary/aromatic N) is 2. The van der Waals surface area contributed by atoms with Crippen molar-refractivity contribution in [2.24, 2.45) is 5.73 Å². The van der Waals surface area contributed by atoms with Crippen LogP contribution in [0.4, 0.5) is 0 Å². The molecule has 18 heavy (non-hydrogen) atoms. The van der Waals surface area contributed by atoms with Gasteiger partial charge in [0.05, 0.1) is 5.69 Å². The molecule has 1 aromatic carbocycles. The van der Waals surface area contributed by atoms with E-state index in [1.54, 1.807) is 0 Å². The van der Waals surface area contributed by atoms with Gasteiger partial charge in [0.25, 0.3) is 0 Å². The van der Waals surface area contributed by atoms with Crippen LogP contribution in [-0.4, -0.2) is 9.38 Å². The number of aromatic nitrogens is 2. The third-order valence-corrected chi connectivity index (χ3v) is 3.10. The van der Waals surface area contributed by atoms with Crippen molar-refractivity contribution in [2.45, 2.75) is 13.5 Å². The summed E-state index contributed by atoms with van der Waals surface area (Å²) in [6, 6.07) is 14.4. The first kappa shape index (κ1) is 11.0. The van der Waals surface area contributed by atoms with Gasteiger partial charge in [-0.05, 0) is 25.1 Å². The molecule has 0 spiro atoms. The van der Waals surface area contributed by atoms with Crippen LogP contribution in [0.1, 0.15) is 11.3 Å². The molecule has 0 atom stereocenters. The van der Waals surface area contributed by atoms with Crippen LogP contribution in [0.3, 0.4) is 0 Å².